The van der Waals surface area contributed by atoms with E-state index in [4.69, 9.17) is 10.9 Å². The van der Waals surface area contributed by atoms with Crippen molar-refractivity contribution < 1.29 is 5.21 Å². The Morgan fingerprint density at radius 3 is 2.88 bits per heavy atom. The van der Waals surface area contributed by atoms with Crippen LogP contribution < -0.4 is 5.73 Å². The van der Waals surface area contributed by atoms with E-state index < -0.39 is 0 Å². The van der Waals surface area contributed by atoms with E-state index in [0.29, 0.717) is 13.1 Å². The maximum atomic E-state index is 8.58. The Balaban J connectivity index is 2.66. The monoisotopic (exact) mass is 236 g/mol. The Morgan fingerprint density at radius 2 is 2.29 bits per heavy atom. The first-order valence-corrected chi connectivity index (χ1v) is 5.77. The zero-order valence-electron chi connectivity index (χ0n) is 10.4. The van der Waals surface area contributed by atoms with Crippen LogP contribution in [0.5, 0.6) is 0 Å². The lowest BCUT2D eigenvalue weighted by molar-refractivity contribution is 0.283. The first-order chi connectivity index (χ1) is 8.15. The summed E-state index contributed by atoms with van der Waals surface area (Å²) in [5.74, 6) is 0.228. The highest BCUT2D eigenvalue weighted by Gasteiger charge is 2.08. The molecule has 0 unspecified atom stereocenters. The summed E-state index contributed by atoms with van der Waals surface area (Å²) < 4.78 is 0. The van der Waals surface area contributed by atoms with Crippen molar-refractivity contribution in [3.05, 3.63) is 29.6 Å². The van der Waals surface area contributed by atoms with Gasteiger partial charge in [0.1, 0.15) is 0 Å². The lowest BCUT2D eigenvalue weighted by atomic mass is 10.3. The maximum Gasteiger partial charge on any atom is 0.153 e. The molecule has 0 bridgehead atoms. The third-order valence-electron chi connectivity index (χ3n) is 2.39. The predicted molar refractivity (Wildman–Crippen MR) is 68.0 cm³/mol. The fourth-order valence-electron chi connectivity index (χ4n) is 1.71. The minimum absolute atomic E-state index is 0.228. The molecule has 3 N–H and O–H groups in total. The summed E-state index contributed by atoms with van der Waals surface area (Å²) in [5.41, 5.74) is 7.53. The molecule has 0 saturated heterocycles. The van der Waals surface area contributed by atoms with Gasteiger partial charge in [0.05, 0.1) is 12.2 Å². The highest BCUT2D eigenvalue weighted by Crippen LogP contribution is 2.04. The van der Waals surface area contributed by atoms with Crippen LogP contribution in [-0.4, -0.2) is 34.0 Å². The van der Waals surface area contributed by atoms with Crippen molar-refractivity contribution in [2.24, 2.45) is 10.9 Å². The molecule has 0 amide bonds. The SMILES string of the molecule is CCCN(CC(N)=NO)Cc1cccc(C)n1. The molecule has 5 heteroatoms. The summed E-state index contributed by atoms with van der Waals surface area (Å²) in [5, 5.41) is 11.6. The first-order valence-electron chi connectivity index (χ1n) is 5.77. The van der Waals surface area contributed by atoms with Gasteiger partial charge in [-0.15, -0.1) is 0 Å². The molecule has 1 heterocycles. The number of pyridine rings is 1. The summed E-state index contributed by atoms with van der Waals surface area (Å²) in [6.07, 6.45) is 1.02. The van der Waals surface area contributed by atoms with Crippen LogP contribution >= 0.6 is 0 Å². The number of aryl methyl sites for hydroxylation is 1. The number of hydrogen-bond acceptors (Lipinski definition) is 4. The Bertz CT molecular complexity index is 379. The van der Waals surface area contributed by atoms with Crippen molar-refractivity contribution >= 4 is 5.84 Å². The number of nitrogens with two attached hydrogens (primary N) is 1. The van der Waals surface area contributed by atoms with Gasteiger partial charge in [-0.2, -0.15) is 0 Å². The largest absolute Gasteiger partial charge is 0.409 e. The first kappa shape index (κ1) is 13.4. The van der Waals surface area contributed by atoms with Gasteiger partial charge in [-0.25, -0.2) is 0 Å². The summed E-state index contributed by atoms with van der Waals surface area (Å²) in [7, 11) is 0. The number of amidine groups is 1. The molecule has 0 fully saturated rings. The molecule has 1 aromatic heterocycles. The molecule has 0 saturated carbocycles. The second-order valence-electron chi connectivity index (χ2n) is 4.07. The Labute approximate surface area is 102 Å². The summed E-state index contributed by atoms with van der Waals surface area (Å²) in [4.78, 5) is 6.55. The van der Waals surface area contributed by atoms with Gasteiger partial charge in [0, 0.05) is 12.2 Å². The Hall–Kier alpha value is -1.62. The predicted octanol–water partition coefficient (Wildman–Crippen LogP) is 1.35. The maximum absolute atomic E-state index is 8.58. The van der Waals surface area contributed by atoms with Crippen molar-refractivity contribution in [1.82, 2.24) is 9.88 Å². The van der Waals surface area contributed by atoms with Crippen LogP contribution in [0.2, 0.25) is 0 Å². The van der Waals surface area contributed by atoms with Crippen molar-refractivity contribution in [2.75, 3.05) is 13.1 Å². The summed E-state index contributed by atoms with van der Waals surface area (Å²) in [6.45, 7) is 6.14. The van der Waals surface area contributed by atoms with E-state index in [9.17, 15) is 0 Å². The number of rotatable bonds is 6. The standard InChI is InChI=1S/C12H20N4O/c1-3-7-16(9-12(13)15-17)8-11-6-4-5-10(2)14-11/h4-6,17H,3,7-9H2,1-2H3,(H2,13,15). The van der Waals surface area contributed by atoms with Crippen molar-refractivity contribution in [3.63, 3.8) is 0 Å². The number of aromatic nitrogens is 1. The molecule has 0 aliphatic carbocycles. The highest BCUT2D eigenvalue weighted by molar-refractivity contribution is 5.81. The Morgan fingerprint density at radius 1 is 1.53 bits per heavy atom. The second-order valence-corrected chi connectivity index (χ2v) is 4.07. The van der Waals surface area contributed by atoms with Crippen molar-refractivity contribution in [3.8, 4) is 0 Å². The van der Waals surface area contributed by atoms with E-state index in [2.05, 4.69) is 22.0 Å². The zero-order chi connectivity index (χ0) is 12.7. The summed E-state index contributed by atoms with van der Waals surface area (Å²) in [6, 6.07) is 5.95. The van der Waals surface area contributed by atoms with Gasteiger partial charge in [0.15, 0.2) is 5.84 Å². The van der Waals surface area contributed by atoms with Crippen molar-refractivity contribution in [2.45, 2.75) is 26.8 Å². The second kappa shape index (κ2) is 6.85. The minimum Gasteiger partial charge on any atom is -0.409 e. The van der Waals surface area contributed by atoms with Crippen LogP contribution in [0.4, 0.5) is 0 Å². The molecule has 17 heavy (non-hydrogen) atoms. The minimum atomic E-state index is 0.228. The fraction of sp³-hybridized carbons (Fsp3) is 0.500. The number of hydrogen-bond donors (Lipinski definition) is 2. The van der Waals surface area contributed by atoms with Crippen molar-refractivity contribution in [1.29, 1.82) is 0 Å². The van der Waals surface area contributed by atoms with Gasteiger partial charge < -0.3 is 10.9 Å². The van der Waals surface area contributed by atoms with Gasteiger partial charge in [0.25, 0.3) is 0 Å². The Kier molecular flexibility index (Phi) is 5.42. The van der Waals surface area contributed by atoms with Crippen LogP contribution in [0.1, 0.15) is 24.7 Å². The molecule has 94 valence electrons. The molecule has 0 aromatic carbocycles. The molecular formula is C12H20N4O. The molecule has 0 aliphatic rings. The van der Waals surface area contributed by atoms with Crippen LogP contribution in [0, 0.1) is 6.92 Å². The van der Waals surface area contributed by atoms with Crippen LogP contribution in [0.15, 0.2) is 23.4 Å². The average Bonchev–Trinajstić information content (AvgIpc) is 2.29. The van der Waals surface area contributed by atoms with Crippen LogP contribution in [0.3, 0.4) is 0 Å². The quantitative estimate of drug-likeness (QED) is 0.338. The zero-order valence-corrected chi connectivity index (χ0v) is 10.4. The molecule has 1 aromatic rings. The average molecular weight is 236 g/mol. The third-order valence-corrected chi connectivity index (χ3v) is 2.39. The van der Waals surface area contributed by atoms with E-state index in [1.807, 2.05) is 25.1 Å². The van der Waals surface area contributed by atoms with E-state index in [1.54, 1.807) is 0 Å². The molecule has 5 nitrogen and oxygen atoms in total. The van der Waals surface area contributed by atoms with Gasteiger partial charge in [-0.05, 0) is 32.0 Å². The topological polar surface area (TPSA) is 74.7 Å². The van der Waals surface area contributed by atoms with Crippen LogP contribution in [-0.2, 0) is 6.54 Å². The van der Waals surface area contributed by atoms with E-state index in [-0.39, 0.29) is 5.84 Å². The van der Waals surface area contributed by atoms with E-state index >= 15 is 0 Å². The smallest absolute Gasteiger partial charge is 0.153 e. The molecule has 0 spiro atoms. The highest BCUT2D eigenvalue weighted by atomic mass is 16.4. The van der Waals surface area contributed by atoms with E-state index in [0.717, 1.165) is 24.4 Å². The number of oxime groups is 1. The lowest BCUT2D eigenvalue weighted by Gasteiger charge is -2.20. The molecular weight excluding hydrogens is 216 g/mol. The lowest BCUT2D eigenvalue weighted by Crippen LogP contribution is -2.34. The number of nitrogens with zero attached hydrogens (tertiary/aromatic N) is 3. The summed E-state index contributed by atoms with van der Waals surface area (Å²) >= 11 is 0. The normalized spacial score (nSPS) is 12.1. The van der Waals surface area contributed by atoms with Gasteiger partial charge in [0.2, 0.25) is 0 Å². The molecule has 0 radical (unpaired) electrons. The van der Waals surface area contributed by atoms with Gasteiger partial charge >= 0.3 is 0 Å². The van der Waals surface area contributed by atoms with Gasteiger partial charge in [-0.1, -0.05) is 18.1 Å². The van der Waals surface area contributed by atoms with E-state index in [1.165, 1.54) is 0 Å². The van der Waals surface area contributed by atoms with Gasteiger partial charge in [-0.3, -0.25) is 9.88 Å². The third kappa shape index (κ3) is 4.82. The molecule has 1 rings (SSSR count). The molecule has 0 aliphatic heterocycles. The van der Waals surface area contributed by atoms with Crippen LogP contribution in [0.25, 0.3) is 0 Å². The molecule has 0 atom stereocenters. The fourth-order valence-corrected chi connectivity index (χ4v) is 1.71.